The van der Waals surface area contributed by atoms with Gasteiger partial charge in [0.15, 0.2) is 0 Å². The molecule has 11 rings (SSSR count). The molecule has 264 valence electrons. The van der Waals surface area contributed by atoms with E-state index in [1.165, 1.54) is 32.9 Å². The molecule has 0 amide bonds. The highest BCUT2D eigenvalue weighted by molar-refractivity contribution is 6.19. The lowest BCUT2D eigenvalue weighted by atomic mass is 9.92. The molecule has 0 bridgehead atoms. The SMILES string of the molecule is c1ccc(C2=NC(n3c4ccccc4c4cc(-c5ccc6c(c5)c5ccccc5n6-c5ccccc5)c(-c5ccccc5)cc43)=NC(c3ccccc3)N2)cc1. The zero-order valence-corrected chi connectivity index (χ0v) is 30.4. The molecular formula is C51H35N5. The molecule has 0 radical (unpaired) electrons. The molecule has 8 aromatic carbocycles. The number of aromatic nitrogens is 2. The highest BCUT2D eigenvalue weighted by Crippen LogP contribution is 2.42. The van der Waals surface area contributed by atoms with Crippen LogP contribution in [0.1, 0.15) is 17.3 Å². The van der Waals surface area contributed by atoms with Crippen LogP contribution in [0.3, 0.4) is 0 Å². The molecule has 5 nitrogen and oxygen atoms in total. The van der Waals surface area contributed by atoms with Crippen molar-refractivity contribution in [3.8, 4) is 27.9 Å². The molecule has 0 saturated heterocycles. The first-order valence-corrected chi connectivity index (χ1v) is 19.0. The van der Waals surface area contributed by atoms with E-state index >= 15 is 0 Å². The van der Waals surface area contributed by atoms with Crippen molar-refractivity contribution in [1.82, 2.24) is 14.5 Å². The van der Waals surface area contributed by atoms with E-state index in [9.17, 15) is 0 Å². The summed E-state index contributed by atoms with van der Waals surface area (Å²) in [6, 6.07) is 71.1. The van der Waals surface area contributed by atoms with Gasteiger partial charge in [-0.3, -0.25) is 4.57 Å². The molecule has 1 N–H and O–H groups in total. The molecule has 1 aliphatic heterocycles. The Labute approximate surface area is 324 Å². The number of aliphatic imine (C=N–C) groups is 2. The molecule has 0 aliphatic carbocycles. The van der Waals surface area contributed by atoms with Gasteiger partial charge in [-0.15, -0.1) is 0 Å². The monoisotopic (exact) mass is 717 g/mol. The van der Waals surface area contributed by atoms with Gasteiger partial charge < -0.3 is 9.88 Å². The standard InChI is InChI=1S/C51H35N5/c1-5-17-34(18-6-1)42-33-48-44(32-41(42)37-29-30-47-43(31-37)39-25-13-15-27-45(39)55(47)38-23-11-4-12-24-38)40-26-14-16-28-46(40)56(48)51-53-49(35-19-7-2-8-20-35)52-50(54-51)36-21-9-3-10-22-36/h1-33,49H,(H,52,53,54). The maximum absolute atomic E-state index is 5.32. The molecule has 0 saturated carbocycles. The van der Waals surface area contributed by atoms with Gasteiger partial charge >= 0.3 is 0 Å². The normalized spacial score (nSPS) is 14.2. The number of amidine groups is 1. The zero-order valence-electron chi connectivity index (χ0n) is 30.4. The van der Waals surface area contributed by atoms with Gasteiger partial charge in [-0.2, -0.15) is 4.99 Å². The van der Waals surface area contributed by atoms with Crippen LogP contribution >= 0.6 is 0 Å². The van der Waals surface area contributed by atoms with E-state index in [1.807, 2.05) is 24.3 Å². The predicted molar refractivity (Wildman–Crippen MR) is 233 cm³/mol. The Morgan fingerprint density at radius 2 is 0.929 bits per heavy atom. The zero-order chi connectivity index (χ0) is 37.0. The summed E-state index contributed by atoms with van der Waals surface area (Å²) in [5.41, 5.74) is 12.4. The van der Waals surface area contributed by atoms with Crippen molar-refractivity contribution in [2.75, 3.05) is 0 Å². The maximum atomic E-state index is 5.32. The number of hydrogen-bond acceptors (Lipinski definition) is 3. The molecule has 3 heterocycles. The Bertz CT molecular complexity index is 3140. The molecular weight excluding hydrogens is 683 g/mol. The smallest absolute Gasteiger partial charge is 0.234 e. The summed E-state index contributed by atoms with van der Waals surface area (Å²) in [5.74, 6) is 1.43. The third-order valence-electron chi connectivity index (χ3n) is 11.0. The summed E-state index contributed by atoms with van der Waals surface area (Å²) in [5, 5.41) is 8.39. The maximum Gasteiger partial charge on any atom is 0.234 e. The minimum atomic E-state index is -0.312. The van der Waals surface area contributed by atoms with Crippen LogP contribution in [-0.4, -0.2) is 20.9 Å². The molecule has 1 atom stereocenters. The average molecular weight is 718 g/mol. The fraction of sp³-hybridized carbons (Fsp3) is 0.0196. The highest BCUT2D eigenvalue weighted by Gasteiger charge is 2.25. The minimum Gasteiger partial charge on any atom is -0.344 e. The van der Waals surface area contributed by atoms with E-state index in [0.717, 1.165) is 55.6 Å². The lowest BCUT2D eigenvalue weighted by Gasteiger charge is -2.24. The quantitative estimate of drug-likeness (QED) is 0.189. The third kappa shape index (κ3) is 5.24. The fourth-order valence-electron chi connectivity index (χ4n) is 8.40. The third-order valence-corrected chi connectivity index (χ3v) is 11.0. The van der Waals surface area contributed by atoms with Gasteiger partial charge in [-0.25, -0.2) is 4.99 Å². The highest BCUT2D eigenvalue weighted by atomic mass is 15.3. The van der Waals surface area contributed by atoms with Crippen LogP contribution in [0, 0.1) is 0 Å². The Morgan fingerprint density at radius 3 is 1.62 bits per heavy atom. The van der Waals surface area contributed by atoms with Crippen LogP contribution in [0.5, 0.6) is 0 Å². The number of rotatable bonds is 5. The van der Waals surface area contributed by atoms with Gasteiger partial charge in [0.1, 0.15) is 12.0 Å². The van der Waals surface area contributed by atoms with Gasteiger partial charge in [0, 0.05) is 32.8 Å². The van der Waals surface area contributed by atoms with Gasteiger partial charge in [0.25, 0.3) is 0 Å². The first-order chi connectivity index (χ1) is 27.8. The van der Waals surface area contributed by atoms with Gasteiger partial charge in [-0.1, -0.05) is 152 Å². The second-order valence-corrected chi connectivity index (χ2v) is 14.3. The average Bonchev–Trinajstić information content (AvgIpc) is 3.79. The Balaban J connectivity index is 1.17. The van der Waals surface area contributed by atoms with Crippen LogP contribution in [0.4, 0.5) is 0 Å². The predicted octanol–water partition coefficient (Wildman–Crippen LogP) is 12.2. The van der Waals surface area contributed by atoms with Crippen molar-refractivity contribution in [2.24, 2.45) is 9.98 Å². The van der Waals surface area contributed by atoms with Crippen molar-refractivity contribution < 1.29 is 0 Å². The van der Waals surface area contributed by atoms with Crippen LogP contribution in [0.25, 0.3) is 71.6 Å². The molecule has 1 unspecified atom stereocenters. The second-order valence-electron chi connectivity index (χ2n) is 14.3. The number of nitrogens with zero attached hydrogens (tertiary/aromatic N) is 4. The summed E-state index contributed by atoms with van der Waals surface area (Å²) in [7, 11) is 0. The molecule has 56 heavy (non-hydrogen) atoms. The number of nitrogens with one attached hydrogen (secondary N) is 1. The molecule has 5 heteroatoms. The van der Waals surface area contributed by atoms with Crippen LogP contribution in [0.15, 0.2) is 210 Å². The van der Waals surface area contributed by atoms with Crippen molar-refractivity contribution in [1.29, 1.82) is 0 Å². The Kier molecular flexibility index (Phi) is 7.49. The van der Waals surface area contributed by atoms with Crippen molar-refractivity contribution in [2.45, 2.75) is 6.17 Å². The molecule has 1 aliphatic rings. The van der Waals surface area contributed by atoms with E-state index in [1.54, 1.807) is 0 Å². The second kappa shape index (κ2) is 13.1. The summed E-state index contributed by atoms with van der Waals surface area (Å²) >= 11 is 0. The van der Waals surface area contributed by atoms with E-state index in [4.69, 9.17) is 9.98 Å². The number of fused-ring (bicyclic) bond motifs is 6. The molecule has 0 fully saturated rings. The molecule has 0 spiro atoms. The summed E-state index contributed by atoms with van der Waals surface area (Å²) in [6.45, 7) is 0. The van der Waals surface area contributed by atoms with Crippen LogP contribution in [0.2, 0.25) is 0 Å². The van der Waals surface area contributed by atoms with Gasteiger partial charge in [0.2, 0.25) is 5.96 Å². The molecule has 2 aromatic heterocycles. The largest absolute Gasteiger partial charge is 0.344 e. The Hall–Kier alpha value is -7.50. The number of benzene rings is 8. The van der Waals surface area contributed by atoms with Crippen molar-refractivity contribution in [3.63, 3.8) is 0 Å². The topological polar surface area (TPSA) is 46.6 Å². The number of para-hydroxylation sites is 3. The minimum absolute atomic E-state index is 0.312. The van der Waals surface area contributed by atoms with Crippen LogP contribution in [-0.2, 0) is 0 Å². The van der Waals surface area contributed by atoms with E-state index < -0.39 is 0 Å². The summed E-state index contributed by atoms with van der Waals surface area (Å²) in [4.78, 5) is 10.6. The first kappa shape index (κ1) is 32.0. The van der Waals surface area contributed by atoms with E-state index in [-0.39, 0.29) is 6.17 Å². The van der Waals surface area contributed by atoms with Crippen molar-refractivity contribution in [3.05, 3.63) is 211 Å². The first-order valence-electron chi connectivity index (χ1n) is 19.0. The van der Waals surface area contributed by atoms with E-state index in [0.29, 0.717) is 5.96 Å². The van der Waals surface area contributed by atoms with Crippen molar-refractivity contribution >= 4 is 55.4 Å². The van der Waals surface area contributed by atoms with Crippen LogP contribution < -0.4 is 5.32 Å². The van der Waals surface area contributed by atoms with E-state index in [2.05, 4.69) is 190 Å². The molecule has 10 aromatic rings. The van der Waals surface area contributed by atoms with Gasteiger partial charge in [0.05, 0.1) is 22.1 Å². The summed E-state index contributed by atoms with van der Waals surface area (Å²) < 4.78 is 4.62. The van der Waals surface area contributed by atoms with Gasteiger partial charge in [-0.05, 0) is 76.3 Å². The lowest BCUT2D eigenvalue weighted by Crippen LogP contribution is -2.35. The lowest BCUT2D eigenvalue weighted by molar-refractivity contribution is 0.668. The fourth-order valence-corrected chi connectivity index (χ4v) is 8.40. The summed E-state index contributed by atoms with van der Waals surface area (Å²) in [6.07, 6.45) is -0.312. The number of hydrogen-bond donors (Lipinski definition) is 1. The Morgan fingerprint density at radius 1 is 0.393 bits per heavy atom.